The van der Waals surface area contributed by atoms with Gasteiger partial charge in [-0.25, -0.2) is 0 Å². The predicted molar refractivity (Wildman–Crippen MR) is 110 cm³/mol. The average Bonchev–Trinajstić information content (AvgIpc) is 2.54. The maximum absolute atomic E-state index is 13.2. The van der Waals surface area contributed by atoms with Crippen LogP contribution in [0.5, 0.6) is 0 Å². The fraction of sp³-hybridized carbons (Fsp3) is 1.00. The van der Waals surface area contributed by atoms with Gasteiger partial charge in [-0.1, -0.05) is 80.1 Å². The molecule has 0 saturated heterocycles. The van der Waals surface area contributed by atoms with Crippen LogP contribution in [0.1, 0.15) is 99.3 Å². The molecule has 0 fully saturated rings. The molecule has 0 bridgehead atoms. The lowest BCUT2D eigenvalue weighted by Gasteiger charge is -2.22. The fourth-order valence-corrected chi connectivity index (χ4v) is 5.10. The molecule has 0 heterocycles. The van der Waals surface area contributed by atoms with Crippen LogP contribution in [0.2, 0.25) is 0 Å². The SMILES string of the molecule is CCCC(C)CCOP(=O)(CCC(C)CCC)OCCC(C)CCC. The van der Waals surface area contributed by atoms with Crippen LogP contribution in [0.15, 0.2) is 0 Å². The summed E-state index contributed by atoms with van der Waals surface area (Å²) in [5.41, 5.74) is 0. The summed E-state index contributed by atoms with van der Waals surface area (Å²) in [6.45, 7) is 14.5. The lowest BCUT2D eigenvalue weighted by molar-refractivity contribution is 0.183. The van der Waals surface area contributed by atoms with E-state index >= 15 is 0 Å². The van der Waals surface area contributed by atoms with Crippen molar-refractivity contribution in [3.63, 3.8) is 0 Å². The quantitative estimate of drug-likeness (QED) is 0.244. The largest absolute Gasteiger partial charge is 0.330 e. The molecule has 152 valence electrons. The summed E-state index contributed by atoms with van der Waals surface area (Å²) in [6, 6.07) is 0. The normalized spacial score (nSPS) is 17.8. The molecule has 0 radical (unpaired) electrons. The zero-order valence-electron chi connectivity index (χ0n) is 17.9. The molecule has 3 atom stereocenters. The van der Waals surface area contributed by atoms with E-state index in [1.54, 1.807) is 0 Å². The molecule has 3 unspecified atom stereocenters. The van der Waals surface area contributed by atoms with Gasteiger partial charge in [-0.3, -0.25) is 4.57 Å². The second-order valence-corrected chi connectivity index (χ2v) is 10.2. The predicted octanol–water partition coefficient (Wildman–Crippen LogP) is 7.69. The van der Waals surface area contributed by atoms with Crippen LogP contribution in [0, 0.1) is 17.8 Å². The summed E-state index contributed by atoms with van der Waals surface area (Å²) in [6.07, 6.45) is 10.6. The molecule has 0 saturated carbocycles. The van der Waals surface area contributed by atoms with Gasteiger partial charge in [-0.05, 0) is 37.0 Å². The van der Waals surface area contributed by atoms with Gasteiger partial charge in [0, 0.05) is 0 Å². The summed E-state index contributed by atoms with van der Waals surface area (Å²) in [7, 11) is -2.95. The Balaban J connectivity index is 4.44. The molecule has 4 heteroatoms. The number of rotatable bonds is 17. The minimum atomic E-state index is -2.95. The van der Waals surface area contributed by atoms with Gasteiger partial charge >= 0.3 is 7.60 Å². The first-order valence-electron chi connectivity index (χ1n) is 10.7. The first-order valence-corrected chi connectivity index (χ1v) is 12.5. The second kappa shape index (κ2) is 15.2. The van der Waals surface area contributed by atoms with E-state index in [-0.39, 0.29) is 0 Å². The number of hydrogen-bond donors (Lipinski definition) is 0. The van der Waals surface area contributed by atoms with Crippen molar-refractivity contribution in [3.8, 4) is 0 Å². The highest BCUT2D eigenvalue weighted by Crippen LogP contribution is 2.50. The van der Waals surface area contributed by atoms with Crippen molar-refractivity contribution in [3.05, 3.63) is 0 Å². The molecule has 0 N–H and O–H groups in total. The fourth-order valence-electron chi connectivity index (χ4n) is 3.24. The van der Waals surface area contributed by atoms with E-state index in [4.69, 9.17) is 9.05 Å². The topological polar surface area (TPSA) is 35.5 Å². The van der Waals surface area contributed by atoms with E-state index in [1.165, 1.54) is 38.5 Å². The molecular formula is C21H45O3P. The summed E-state index contributed by atoms with van der Waals surface area (Å²) < 4.78 is 24.9. The van der Waals surface area contributed by atoms with Gasteiger partial charge in [0.25, 0.3) is 0 Å². The smallest absolute Gasteiger partial charge is 0.309 e. The van der Waals surface area contributed by atoms with Crippen molar-refractivity contribution < 1.29 is 13.6 Å². The van der Waals surface area contributed by atoms with Crippen molar-refractivity contribution in [1.29, 1.82) is 0 Å². The molecule has 0 aliphatic rings. The molecule has 3 nitrogen and oxygen atoms in total. The monoisotopic (exact) mass is 376 g/mol. The lowest BCUT2D eigenvalue weighted by atomic mass is 10.0. The third-order valence-electron chi connectivity index (χ3n) is 5.04. The Morgan fingerprint density at radius 1 is 0.640 bits per heavy atom. The maximum Gasteiger partial charge on any atom is 0.330 e. The Hall–Kier alpha value is 0.150. The van der Waals surface area contributed by atoms with E-state index in [1.807, 2.05) is 0 Å². The van der Waals surface area contributed by atoms with Gasteiger partial charge in [0.15, 0.2) is 0 Å². The summed E-state index contributed by atoms with van der Waals surface area (Å²) in [4.78, 5) is 0. The molecule has 25 heavy (non-hydrogen) atoms. The second-order valence-electron chi connectivity index (χ2n) is 8.05. The van der Waals surface area contributed by atoms with Gasteiger partial charge < -0.3 is 9.05 Å². The average molecular weight is 377 g/mol. The number of hydrogen-bond acceptors (Lipinski definition) is 3. The van der Waals surface area contributed by atoms with E-state index < -0.39 is 7.60 Å². The van der Waals surface area contributed by atoms with Crippen LogP contribution < -0.4 is 0 Å². The molecule has 0 aliphatic carbocycles. The van der Waals surface area contributed by atoms with Crippen LogP contribution in [-0.4, -0.2) is 19.4 Å². The van der Waals surface area contributed by atoms with Crippen molar-refractivity contribution in [2.24, 2.45) is 17.8 Å². The van der Waals surface area contributed by atoms with Crippen LogP contribution >= 0.6 is 7.60 Å². The Morgan fingerprint density at radius 3 is 1.36 bits per heavy atom. The van der Waals surface area contributed by atoms with E-state index in [9.17, 15) is 4.57 Å². The van der Waals surface area contributed by atoms with Crippen molar-refractivity contribution in [2.75, 3.05) is 19.4 Å². The molecular weight excluding hydrogens is 331 g/mol. The van der Waals surface area contributed by atoms with Gasteiger partial charge in [-0.15, -0.1) is 0 Å². The highest BCUT2D eigenvalue weighted by Gasteiger charge is 2.25. The first-order chi connectivity index (χ1) is 11.9. The van der Waals surface area contributed by atoms with E-state index in [0.717, 1.165) is 19.3 Å². The van der Waals surface area contributed by atoms with Crippen LogP contribution in [0.3, 0.4) is 0 Å². The molecule has 0 aliphatic heterocycles. The van der Waals surface area contributed by atoms with Crippen molar-refractivity contribution in [1.82, 2.24) is 0 Å². The maximum atomic E-state index is 13.2. The third kappa shape index (κ3) is 13.9. The minimum Gasteiger partial charge on any atom is -0.309 e. The van der Waals surface area contributed by atoms with Crippen LogP contribution in [-0.2, 0) is 13.6 Å². The Morgan fingerprint density at radius 2 is 1.00 bits per heavy atom. The van der Waals surface area contributed by atoms with E-state index in [0.29, 0.717) is 37.1 Å². The van der Waals surface area contributed by atoms with Crippen molar-refractivity contribution >= 4 is 7.60 Å². The van der Waals surface area contributed by atoms with Gasteiger partial charge in [-0.2, -0.15) is 0 Å². The first kappa shape index (κ1) is 25.1. The van der Waals surface area contributed by atoms with Crippen LogP contribution in [0.25, 0.3) is 0 Å². The molecule has 0 spiro atoms. The molecule has 0 aromatic carbocycles. The standard InChI is InChI=1S/C21H45O3P/c1-7-10-19(4)13-16-23-25(22,18-15-21(6)12-9-3)24-17-14-20(5)11-8-2/h19-21H,7-18H2,1-6H3. The summed E-state index contributed by atoms with van der Waals surface area (Å²) >= 11 is 0. The minimum absolute atomic E-state index is 0.561. The molecule has 0 rings (SSSR count). The van der Waals surface area contributed by atoms with Crippen LogP contribution in [0.4, 0.5) is 0 Å². The summed E-state index contributed by atoms with van der Waals surface area (Å²) in [5.74, 6) is 1.84. The van der Waals surface area contributed by atoms with Gasteiger partial charge in [0.05, 0.1) is 19.4 Å². The van der Waals surface area contributed by atoms with Crippen molar-refractivity contribution in [2.45, 2.75) is 99.3 Å². The zero-order chi connectivity index (χ0) is 19.1. The van der Waals surface area contributed by atoms with Gasteiger partial charge in [0.1, 0.15) is 0 Å². The Kier molecular flexibility index (Phi) is 15.3. The third-order valence-corrected chi connectivity index (χ3v) is 7.00. The Labute approximate surface area is 158 Å². The highest BCUT2D eigenvalue weighted by atomic mass is 31.2. The highest BCUT2D eigenvalue weighted by molar-refractivity contribution is 7.53. The van der Waals surface area contributed by atoms with E-state index in [2.05, 4.69) is 41.5 Å². The zero-order valence-corrected chi connectivity index (χ0v) is 18.8. The lowest BCUT2D eigenvalue weighted by Crippen LogP contribution is -2.09. The molecule has 0 aromatic heterocycles. The molecule has 0 amide bonds. The van der Waals surface area contributed by atoms with Gasteiger partial charge in [0.2, 0.25) is 0 Å². The summed E-state index contributed by atoms with van der Waals surface area (Å²) in [5, 5.41) is 0. The Bertz CT molecular complexity index is 324. The molecule has 0 aromatic rings.